The molecule has 9 heteroatoms. The van der Waals surface area contributed by atoms with E-state index in [1.165, 1.54) is 28.2 Å². The minimum atomic E-state index is -0.311. The third kappa shape index (κ3) is 5.00. The van der Waals surface area contributed by atoms with Crippen molar-refractivity contribution in [2.75, 3.05) is 39.3 Å². The number of carbonyl (C=O) groups is 2. The quantitative estimate of drug-likeness (QED) is 0.638. The minimum Gasteiger partial charge on any atom is -0.349 e. The molecule has 0 spiro atoms. The van der Waals surface area contributed by atoms with Crippen molar-refractivity contribution in [2.24, 2.45) is 7.05 Å². The highest BCUT2D eigenvalue weighted by molar-refractivity contribution is 7.12. The van der Waals surface area contributed by atoms with Crippen LogP contribution in [0.1, 0.15) is 20.2 Å². The van der Waals surface area contributed by atoms with Gasteiger partial charge < -0.3 is 10.2 Å². The monoisotopic (exact) mass is 441 g/mol. The average molecular weight is 442 g/mol. The highest BCUT2D eigenvalue weighted by Gasteiger charge is 2.22. The molecule has 1 N–H and O–H groups in total. The Morgan fingerprint density at radius 2 is 1.87 bits per heavy atom. The summed E-state index contributed by atoms with van der Waals surface area (Å²) in [5.74, 6) is -0.416. The molecule has 162 valence electrons. The number of halogens is 1. The third-order valence-electron chi connectivity index (χ3n) is 5.36. The molecule has 1 aliphatic heterocycles. The summed E-state index contributed by atoms with van der Waals surface area (Å²) in [7, 11) is 1.71. The smallest absolute Gasteiger partial charge is 0.269 e. The molecule has 2 aromatic heterocycles. The molecule has 1 saturated heterocycles. The van der Waals surface area contributed by atoms with E-state index in [2.05, 4.69) is 15.3 Å². The summed E-state index contributed by atoms with van der Waals surface area (Å²) in [6, 6.07) is 11.5. The number of hydrogen-bond donors (Lipinski definition) is 1. The first kappa shape index (κ1) is 21.2. The van der Waals surface area contributed by atoms with Crippen LogP contribution in [-0.2, 0) is 7.05 Å². The second kappa shape index (κ2) is 9.40. The first-order chi connectivity index (χ1) is 15.0. The van der Waals surface area contributed by atoms with Crippen molar-refractivity contribution in [1.29, 1.82) is 0 Å². The summed E-state index contributed by atoms with van der Waals surface area (Å²) < 4.78 is 14.7. The van der Waals surface area contributed by atoms with Gasteiger partial charge in [-0.3, -0.25) is 19.2 Å². The van der Waals surface area contributed by atoms with E-state index in [0.717, 1.165) is 30.1 Å². The number of thiophene rings is 1. The molecule has 0 saturated carbocycles. The van der Waals surface area contributed by atoms with Crippen LogP contribution in [0.5, 0.6) is 0 Å². The predicted molar refractivity (Wildman–Crippen MR) is 118 cm³/mol. The van der Waals surface area contributed by atoms with Crippen LogP contribution in [0, 0.1) is 5.82 Å². The van der Waals surface area contributed by atoms with E-state index in [0.29, 0.717) is 31.0 Å². The zero-order valence-electron chi connectivity index (χ0n) is 17.3. The van der Waals surface area contributed by atoms with Crippen molar-refractivity contribution in [3.8, 4) is 11.3 Å². The lowest BCUT2D eigenvalue weighted by molar-refractivity contribution is 0.0642. The molecule has 31 heavy (non-hydrogen) atoms. The summed E-state index contributed by atoms with van der Waals surface area (Å²) in [6.45, 7) is 4.17. The Kier molecular flexibility index (Phi) is 6.43. The van der Waals surface area contributed by atoms with Crippen LogP contribution in [0.25, 0.3) is 11.3 Å². The standard InChI is InChI=1S/C22H24FN5O2S/c1-26-19(15-18(25-26)16-4-6-17(23)7-5-16)21(29)24-8-9-27-10-12-28(13-11-27)22(30)20-3-2-14-31-20/h2-7,14-15H,8-13H2,1H3,(H,24,29). The maximum absolute atomic E-state index is 13.1. The molecular weight excluding hydrogens is 417 g/mol. The van der Waals surface area contributed by atoms with Crippen molar-refractivity contribution in [2.45, 2.75) is 0 Å². The number of nitrogens with zero attached hydrogens (tertiary/aromatic N) is 4. The van der Waals surface area contributed by atoms with Gasteiger partial charge in [0, 0.05) is 51.9 Å². The molecule has 3 heterocycles. The van der Waals surface area contributed by atoms with E-state index in [1.807, 2.05) is 22.4 Å². The number of benzene rings is 1. The first-order valence-corrected chi connectivity index (χ1v) is 11.0. The summed E-state index contributed by atoms with van der Waals surface area (Å²) in [6.07, 6.45) is 0. The Labute approximate surface area is 184 Å². The number of amides is 2. The molecule has 0 aliphatic carbocycles. The van der Waals surface area contributed by atoms with Gasteiger partial charge in [-0.25, -0.2) is 4.39 Å². The SMILES string of the molecule is Cn1nc(-c2ccc(F)cc2)cc1C(=O)NCCN1CCN(C(=O)c2cccs2)CC1. The fourth-order valence-corrected chi connectivity index (χ4v) is 4.28. The highest BCUT2D eigenvalue weighted by atomic mass is 32.1. The number of hydrogen-bond acceptors (Lipinski definition) is 5. The summed E-state index contributed by atoms with van der Waals surface area (Å²) >= 11 is 1.47. The Morgan fingerprint density at radius 1 is 1.13 bits per heavy atom. The van der Waals surface area contributed by atoms with Crippen LogP contribution >= 0.6 is 11.3 Å². The van der Waals surface area contributed by atoms with Gasteiger partial charge in [-0.2, -0.15) is 5.10 Å². The molecule has 4 rings (SSSR count). The second-order valence-corrected chi connectivity index (χ2v) is 8.36. The van der Waals surface area contributed by atoms with Crippen molar-refractivity contribution >= 4 is 23.2 Å². The average Bonchev–Trinajstić information content (AvgIpc) is 3.44. The van der Waals surface area contributed by atoms with Crippen molar-refractivity contribution in [1.82, 2.24) is 24.9 Å². The van der Waals surface area contributed by atoms with Gasteiger partial charge in [0.1, 0.15) is 11.5 Å². The number of nitrogens with one attached hydrogen (secondary N) is 1. The van der Waals surface area contributed by atoms with E-state index in [-0.39, 0.29) is 17.6 Å². The zero-order chi connectivity index (χ0) is 21.8. The lowest BCUT2D eigenvalue weighted by atomic mass is 10.1. The van der Waals surface area contributed by atoms with Gasteiger partial charge in [-0.15, -0.1) is 11.3 Å². The van der Waals surface area contributed by atoms with Gasteiger partial charge in [-0.1, -0.05) is 6.07 Å². The van der Waals surface area contributed by atoms with E-state index >= 15 is 0 Å². The maximum Gasteiger partial charge on any atom is 0.269 e. The van der Waals surface area contributed by atoms with Crippen LogP contribution in [0.2, 0.25) is 0 Å². The lowest BCUT2D eigenvalue weighted by Gasteiger charge is -2.34. The Hall–Kier alpha value is -3.04. The van der Waals surface area contributed by atoms with Crippen LogP contribution in [0.15, 0.2) is 47.8 Å². The van der Waals surface area contributed by atoms with Crippen molar-refractivity contribution in [3.63, 3.8) is 0 Å². The number of rotatable bonds is 6. The van der Waals surface area contributed by atoms with Crippen molar-refractivity contribution < 1.29 is 14.0 Å². The largest absolute Gasteiger partial charge is 0.349 e. The molecule has 1 aromatic carbocycles. The summed E-state index contributed by atoms with van der Waals surface area (Å²) in [5.41, 5.74) is 1.83. The van der Waals surface area contributed by atoms with Crippen LogP contribution in [0.3, 0.4) is 0 Å². The lowest BCUT2D eigenvalue weighted by Crippen LogP contribution is -2.50. The Morgan fingerprint density at radius 3 is 2.55 bits per heavy atom. The normalized spacial score (nSPS) is 14.6. The van der Waals surface area contributed by atoms with Gasteiger partial charge in [0.25, 0.3) is 11.8 Å². The number of carbonyl (C=O) groups excluding carboxylic acids is 2. The van der Waals surface area contributed by atoms with Crippen LogP contribution in [0.4, 0.5) is 4.39 Å². The third-order valence-corrected chi connectivity index (χ3v) is 6.22. The van der Waals surface area contributed by atoms with Gasteiger partial charge in [0.2, 0.25) is 0 Å². The number of piperazine rings is 1. The molecule has 0 bridgehead atoms. The van der Waals surface area contributed by atoms with Gasteiger partial charge >= 0.3 is 0 Å². The van der Waals surface area contributed by atoms with E-state index < -0.39 is 0 Å². The zero-order valence-corrected chi connectivity index (χ0v) is 18.1. The molecule has 1 fully saturated rings. The Balaban J connectivity index is 1.25. The van der Waals surface area contributed by atoms with E-state index in [1.54, 1.807) is 25.2 Å². The number of aryl methyl sites for hydroxylation is 1. The molecule has 0 atom stereocenters. The summed E-state index contributed by atoms with van der Waals surface area (Å²) in [5, 5.41) is 9.21. The Bertz CT molecular complexity index is 1040. The van der Waals surface area contributed by atoms with E-state index in [4.69, 9.17) is 0 Å². The predicted octanol–water partition coefficient (Wildman–Crippen LogP) is 2.48. The molecule has 3 aromatic rings. The van der Waals surface area contributed by atoms with Gasteiger partial charge in [-0.05, 0) is 41.8 Å². The number of aromatic nitrogens is 2. The minimum absolute atomic E-state index is 0.0936. The highest BCUT2D eigenvalue weighted by Crippen LogP contribution is 2.19. The van der Waals surface area contributed by atoms with Crippen LogP contribution < -0.4 is 5.32 Å². The molecule has 7 nitrogen and oxygen atoms in total. The summed E-state index contributed by atoms with van der Waals surface area (Å²) in [4.78, 5) is 29.9. The van der Waals surface area contributed by atoms with E-state index in [9.17, 15) is 14.0 Å². The van der Waals surface area contributed by atoms with Gasteiger partial charge in [0.05, 0.1) is 10.6 Å². The second-order valence-electron chi connectivity index (χ2n) is 7.41. The van der Waals surface area contributed by atoms with Gasteiger partial charge in [0.15, 0.2) is 0 Å². The maximum atomic E-state index is 13.1. The fraction of sp³-hybridized carbons (Fsp3) is 0.318. The molecule has 1 aliphatic rings. The molecule has 0 unspecified atom stereocenters. The fourth-order valence-electron chi connectivity index (χ4n) is 3.59. The first-order valence-electron chi connectivity index (χ1n) is 10.1. The molecule has 0 radical (unpaired) electrons. The van der Waals surface area contributed by atoms with Crippen molar-refractivity contribution in [3.05, 3.63) is 64.2 Å². The molecule has 2 amide bonds. The molecular formula is C22H24FN5O2S. The topological polar surface area (TPSA) is 70.5 Å². The van der Waals surface area contributed by atoms with Crippen LogP contribution in [-0.4, -0.2) is 70.7 Å².